The molecule has 0 bridgehead atoms. The zero-order valence-corrected chi connectivity index (χ0v) is 11.4. The fourth-order valence-corrected chi connectivity index (χ4v) is 2.49. The zero-order chi connectivity index (χ0) is 13.4. The quantitative estimate of drug-likeness (QED) is 0.908. The maximum atomic E-state index is 12.1. The number of urea groups is 1. The molecule has 1 atom stereocenters. The van der Waals surface area contributed by atoms with Crippen molar-refractivity contribution in [1.29, 1.82) is 0 Å². The van der Waals surface area contributed by atoms with Gasteiger partial charge in [0.15, 0.2) is 5.82 Å². The molecular formula is C13H20N4O2. The van der Waals surface area contributed by atoms with Gasteiger partial charge in [0.1, 0.15) is 6.04 Å². The summed E-state index contributed by atoms with van der Waals surface area (Å²) < 4.78 is 5.35. The van der Waals surface area contributed by atoms with E-state index in [2.05, 4.69) is 15.5 Å². The molecule has 3 rings (SSSR count). The molecule has 1 aromatic rings. The number of rotatable bonds is 3. The first-order valence-corrected chi connectivity index (χ1v) is 7.06. The summed E-state index contributed by atoms with van der Waals surface area (Å²) in [6.45, 7) is 4.67. The maximum Gasteiger partial charge on any atom is 0.318 e. The van der Waals surface area contributed by atoms with E-state index in [4.69, 9.17) is 4.52 Å². The predicted octanol–water partition coefficient (Wildman–Crippen LogP) is 2.20. The minimum absolute atomic E-state index is 0.0383. The highest BCUT2D eigenvalue weighted by Gasteiger charge is 2.36. The van der Waals surface area contributed by atoms with Crippen molar-refractivity contribution in [2.75, 3.05) is 6.54 Å². The van der Waals surface area contributed by atoms with Gasteiger partial charge in [-0.15, -0.1) is 0 Å². The third-order valence-corrected chi connectivity index (χ3v) is 3.61. The number of nitrogens with one attached hydrogen (secondary N) is 1. The summed E-state index contributed by atoms with van der Waals surface area (Å²) in [5, 5.41) is 6.96. The Morgan fingerprint density at radius 1 is 1.42 bits per heavy atom. The SMILES string of the molecule is CC(C)NC(=O)N1CCCC1c1nc(C2CC2)no1. The van der Waals surface area contributed by atoms with Gasteiger partial charge in [-0.2, -0.15) is 4.98 Å². The van der Waals surface area contributed by atoms with E-state index in [1.54, 1.807) is 0 Å². The van der Waals surface area contributed by atoms with Crippen LogP contribution in [-0.2, 0) is 0 Å². The molecule has 2 fully saturated rings. The van der Waals surface area contributed by atoms with E-state index >= 15 is 0 Å². The Bertz CT molecular complexity index is 467. The topological polar surface area (TPSA) is 71.3 Å². The monoisotopic (exact) mass is 264 g/mol. The summed E-state index contributed by atoms with van der Waals surface area (Å²) in [4.78, 5) is 18.4. The van der Waals surface area contributed by atoms with Crippen molar-refractivity contribution >= 4 is 6.03 Å². The lowest BCUT2D eigenvalue weighted by Crippen LogP contribution is -2.42. The molecule has 1 aliphatic carbocycles. The van der Waals surface area contributed by atoms with Crippen LogP contribution in [0.4, 0.5) is 4.79 Å². The molecule has 2 heterocycles. The Balaban J connectivity index is 1.72. The molecule has 0 radical (unpaired) electrons. The Morgan fingerprint density at radius 2 is 2.21 bits per heavy atom. The standard InChI is InChI=1S/C13H20N4O2/c1-8(2)14-13(18)17-7-3-4-10(17)12-15-11(16-19-12)9-5-6-9/h8-10H,3-7H2,1-2H3,(H,14,18). The van der Waals surface area contributed by atoms with Crippen LogP contribution in [0.2, 0.25) is 0 Å². The largest absolute Gasteiger partial charge is 0.337 e. The fraction of sp³-hybridized carbons (Fsp3) is 0.769. The van der Waals surface area contributed by atoms with Crippen molar-refractivity contribution in [2.24, 2.45) is 0 Å². The molecule has 0 spiro atoms. The number of amides is 2. The van der Waals surface area contributed by atoms with Crippen molar-refractivity contribution in [3.63, 3.8) is 0 Å². The first-order valence-electron chi connectivity index (χ1n) is 7.06. The number of aromatic nitrogens is 2. The van der Waals surface area contributed by atoms with E-state index in [0.29, 0.717) is 11.8 Å². The average Bonchev–Trinajstić information content (AvgIpc) is 2.92. The van der Waals surface area contributed by atoms with Crippen molar-refractivity contribution in [1.82, 2.24) is 20.4 Å². The van der Waals surface area contributed by atoms with Crippen LogP contribution in [0, 0.1) is 0 Å². The summed E-state index contributed by atoms with van der Waals surface area (Å²) in [6, 6.07) is 0.0425. The summed E-state index contributed by atoms with van der Waals surface area (Å²) in [7, 11) is 0. The van der Waals surface area contributed by atoms with Crippen LogP contribution in [0.15, 0.2) is 4.52 Å². The maximum absolute atomic E-state index is 12.1. The molecule has 19 heavy (non-hydrogen) atoms. The summed E-state index contributed by atoms with van der Waals surface area (Å²) in [5.74, 6) is 1.89. The van der Waals surface area contributed by atoms with Crippen LogP contribution < -0.4 is 5.32 Å². The van der Waals surface area contributed by atoms with Gasteiger partial charge in [-0.25, -0.2) is 4.79 Å². The molecule has 1 N–H and O–H groups in total. The van der Waals surface area contributed by atoms with Gasteiger partial charge in [-0.05, 0) is 39.5 Å². The molecule has 104 valence electrons. The Labute approximate surface area is 112 Å². The van der Waals surface area contributed by atoms with E-state index in [1.165, 1.54) is 0 Å². The molecule has 2 aliphatic rings. The summed E-state index contributed by atoms with van der Waals surface area (Å²) >= 11 is 0. The Morgan fingerprint density at radius 3 is 2.89 bits per heavy atom. The smallest absolute Gasteiger partial charge is 0.318 e. The van der Waals surface area contributed by atoms with Gasteiger partial charge in [0.2, 0.25) is 5.89 Å². The van der Waals surface area contributed by atoms with E-state index in [1.807, 2.05) is 18.7 Å². The second-order valence-electron chi connectivity index (χ2n) is 5.72. The number of nitrogens with zero attached hydrogens (tertiary/aromatic N) is 3. The third-order valence-electron chi connectivity index (χ3n) is 3.61. The van der Waals surface area contributed by atoms with Crippen LogP contribution >= 0.6 is 0 Å². The van der Waals surface area contributed by atoms with E-state index in [0.717, 1.165) is 38.1 Å². The van der Waals surface area contributed by atoms with Crippen molar-refractivity contribution in [3.8, 4) is 0 Å². The minimum Gasteiger partial charge on any atom is -0.337 e. The number of hydrogen-bond donors (Lipinski definition) is 1. The molecule has 1 saturated carbocycles. The molecule has 6 heteroatoms. The summed E-state index contributed by atoms with van der Waals surface area (Å²) in [5.41, 5.74) is 0. The third kappa shape index (κ3) is 2.57. The number of carbonyl (C=O) groups excluding carboxylic acids is 1. The molecule has 1 unspecified atom stereocenters. The van der Waals surface area contributed by atoms with Crippen LogP contribution in [0.3, 0.4) is 0 Å². The van der Waals surface area contributed by atoms with Crippen LogP contribution in [0.1, 0.15) is 63.2 Å². The van der Waals surface area contributed by atoms with Crippen LogP contribution in [-0.4, -0.2) is 33.7 Å². The minimum atomic E-state index is -0.0567. The molecular weight excluding hydrogens is 244 g/mol. The average molecular weight is 264 g/mol. The lowest BCUT2D eigenvalue weighted by molar-refractivity contribution is 0.178. The van der Waals surface area contributed by atoms with Gasteiger partial charge in [-0.1, -0.05) is 5.16 Å². The summed E-state index contributed by atoms with van der Waals surface area (Å²) in [6.07, 6.45) is 4.19. The molecule has 6 nitrogen and oxygen atoms in total. The second kappa shape index (κ2) is 4.83. The highest BCUT2D eigenvalue weighted by molar-refractivity contribution is 5.75. The first kappa shape index (κ1) is 12.4. The highest BCUT2D eigenvalue weighted by atomic mass is 16.5. The predicted molar refractivity (Wildman–Crippen MR) is 68.6 cm³/mol. The first-order chi connectivity index (χ1) is 9.15. The van der Waals surface area contributed by atoms with Gasteiger partial charge in [0, 0.05) is 18.5 Å². The number of carbonyl (C=O) groups is 1. The number of hydrogen-bond acceptors (Lipinski definition) is 4. The highest BCUT2D eigenvalue weighted by Crippen LogP contribution is 2.39. The van der Waals surface area contributed by atoms with Crippen LogP contribution in [0.25, 0.3) is 0 Å². The molecule has 1 saturated heterocycles. The van der Waals surface area contributed by atoms with Gasteiger partial charge in [0.25, 0.3) is 0 Å². The molecule has 2 amide bonds. The van der Waals surface area contributed by atoms with Crippen molar-refractivity contribution in [3.05, 3.63) is 11.7 Å². The molecule has 1 aromatic heterocycles. The van der Waals surface area contributed by atoms with Crippen molar-refractivity contribution < 1.29 is 9.32 Å². The van der Waals surface area contributed by atoms with E-state index < -0.39 is 0 Å². The Kier molecular flexibility index (Phi) is 3.16. The van der Waals surface area contributed by atoms with Gasteiger partial charge in [-0.3, -0.25) is 0 Å². The lowest BCUT2D eigenvalue weighted by Gasteiger charge is -2.23. The zero-order valence-electron chi connectivity index (χ0n) is 11.4. The lowest BCUT2D eigenvalue weighted by atomic mass is 10.2. The number of likely N-dealkylation sites (tertiary alicyclic amines) is 1. The Hall–Kier alpha value is -1.59. The molecule has 1 aliphatic heterocycles. The molecule has 0 aromatic carbocycles. The van der Waals surface area contributed by atoms with Gasteiger partial charge in [0.05, 0.1) is 0 Å². The van der Waals surface area contributed by atoms with Gasteiger partial charge >= 0.3 is 6.03 Å². The van der Waals surface area contributed by atoms with Gasteiger partial charge < -0.3 is 14.7 Å². The normalized spacial score (nSPS) is 23.1. The van der Waals surface area contributed by atoms with Crippen LogP contribution in [0.5, 0.6) is 0 Å². The van der Waals surface area contributed by atoms with E-state index in [9.17, 15) is 4.79 Å². The van der Waals surface area contributed by atoms with Crippen molar-refractivity contribution in [2.45, 2.75) is 57.5 Å². The second-order valence-corrected chi connectivity index (χ2v) is 5.72. The fourth-order valence-electron chi connectivity index (χ4n) is 2.49. The van der Waals surface area contributed by atoms with E-state index in [-0.39, 0.29) is 18.1 Å².